The second-order valence-corrected chi connectivity index (χ2v) is 5.28. The van der Waals surface area contributed by atoms with Gasteiger partial charge < -0.3 is 10.3 Å². The first-order valence-corrected chi connectivity index (χ1v) is 6.58. The predicted molar refractivity (Wildman–Crippen MR) is 72.6 cm³/mol. The minimum atomic E-state index is 0.0303. The van der Waals surface area contributed by atoms with E-state index in [1.54, 1.807) is 0 Å². The van der Waals surface area contributed by atoms with Crippen LogP contribution in [0.1, 0.15) is 36.5 Å². The zero-order valence-corrected chi connectivity index (χ0v) is 10.6. The summed E-state index contributed by atoms with van der Waals surface area (Å²) in [6, 6.07) is 7.80. The molecule has 0 aliphatic heterocycles. The molecule has 94 valence electrons. The molecule has 1 aliphatic carbocycles. The molecule has 1 saturated carbocycles. The molecule has 3 rings (SSSR count). The van der Waals surface area contributed by atoms with Gasteiger partial charge in [-0.2, -0.15) is 0 Å². The molecule has 0 atom stereocenters. The highest BCUT2D eigenvalue weighted by atomic mass is 16.1. The summed E-state index contributed by atoms with van der Waals surface area (Å²) in [5.41, 5.74) is 2.06. The molecule has 1 aromatic carbocycles. The van der Waals surface area contributed by atoms with Gasteiger partial charge in [0.05, 0.1) is 11.1 Å². The summed E-state index contributed by atoms with van der Waals surface area (Å²) >= 11 is 0. The van der Waals surface area contributed by atoms with Gasteiger partial charge in [-0.25, -0.2) is 0 Å². The standard InChI is InChI=1S/C15H18N2O/c1-2-15(7-8-15)10-17-14(18)12-5-3-4-11-6-9-16-13(11)12/h3-6,9,16H,2,7-8,10H2,1H3,(H,17,18). The molecule has 0 saturated heterocycles. The Kier molecular flexibility index (Phi) is 2.62. The number of benzene rings is 1. The number of aromatic nitrogens is 1. The topological polar surface area (TPSA) is 44.9 Å². The molecule has 2 aromatic rings. The Hall–Kier alpha value is -1.77. The van der Waals surface area contributed by atoms with E-state index < -0.39 is 0 Å². The van der Waals surface area contributed by atoms with Gasteiger partial charge in [-0.15, -0.1) is 0 Å². The van der Waals surface area contributed by atoms with Gasteiger partial charge in [-0.05, 0) is 36.8 Å². The van der Waals surface area contributed by atoms with Gasteiger partial charge in [0.25, 0.3) is 5.91 Å². The maximum atomic E-state index is 12.2. The van der Waals surface area contributed by atoms with Crippen molar-refractivity contribution in [2.24, 2.45) is 5.41 Å². The lowest BCUT2D eigenvalue weighted by atomic mass is 10.0. The first-order chi connectivity index (χ1) is 8.74. The number of hydrogen-bond acceptors (Lipinski definition) is 1. The number of carbonyl (C=O) groups excluding carboxylic acids is 1. The first-order valence-electron chi connectivity index (χ1n) is 6.58. The fourth-order valence-electron chi connectivity index (χ4n) is 2.47. The molecule has 3 nitrogen and oxygen atoms in total. The third-order valence-corrected chi connectivity index (χ3v) is 4.16. The first kappa shape index (κ1) is 11.3. The third kappa shape index (κ3) is 1.90. The highest BCUT2D eigenvalue weighted by Gasteiger charge is 2.40. The van der Waals surface area contributed by atoms with Gasteiger partial charge in [0, 0.05) is 18.1 Å². The summed E-state index contributed by atoms with van der Waals surface area (Å²) in [5.74, 6) is 0.0303. The average molecular weight is 242 g/mol. The lowest BCUT2D eigenvalue weighted by Gasteiger charge is -2.13. The smallest absolute Gasteiger partial charge is 0.253 e. The predicted octanol–water partition coefficient (Wildman–Crippen LogP) is 3.09. The van der Waals surface area contributed by atoms with E-state index in [4.69, 9.17) is 0 Å². The van der Waals surface area contributed by atoms with Gasteiger partial charge in [-0.3, -0.25) is 4.79 Å². The summed E-state index contributed by atoms with van der Waals surface area (Å²) in [6.45, 7) is 3.00. The number of para-hydroxylation sites is 1. The van der Waals surface area contributed by atoms with Crippen molar-refractivity contribution in [3.8, 4) is 0 Å². The normalized spacial score (nSPS) is 16.7. The van der Waals surface area contributed by atoms with E-state index in [9.17, 15) is 4.79 Å². The second kappa shape index (κ2) is 4.16. The average Bonchev–Trinajstić information content (AvgIpc) is 3.03. The molecule has 3 heteroatoms. The molecule has 0 spiro atoms. The van der Waals surface area contributed by atoms with Crippen LogP contribution in [0.25, 0.3) is 10.9 Å². The quantitative estimate of drug-likeness (QED) is 0.850. The van der Waals surface area contributed by atoms with Crippen LogP contribution in [0.2, 0.25) is 0 Å². The molecular formula is C15H18N2O. The Labute approximate surface area is 107 Å². The fourth-order valence-corrected chi connectivity index (χ4v) is 2.47. The van der Waals surface area contributed by atoms with Gasteiger partial charge >= 0.3 is 0 Å². The number of rotatable bonds is 4. The van der Waals surface area contributed by atoms with Crippen LogP contribution in [-0.2, 0) is 0 Å². The minimum Gasteiger partial charge on any atom is -0.361 e. The van der Waals surface area contributed by atoms with Crippen molar-refractivity contribution in [2.45, 2.75) is 26.2 Å². The lowest BCUT2D eigenvalue weighted by Crippen LogP contribution is -2.30. The van der Waals surface area contributed by atoms with Crippen LogP contribution in [0.15, 0.2) is 30.5 Å². The van der Waals surface area contributed by atoms with E-state index in [1.807, 2.05) is 30.5 Å². The van der Waals surface area contributed by atoms with E-state index in [2.05, 4.69) is 17.2 Å². The molecule has 18 heavy (non-hydrogen) atoms. The van der Waals surface area contributed by atoms with Crippen LogP contribution in [0, 0.1) is 5.41 Å². The molecule has 1 amide bonds. The summed E-state index contributed by atoms with van der Waals surface area (Å²) in [5, 5.41) is 4.16. The molecule has 0 unspecified atom stereocenters. The van der Waals surface area contributed by atoms with Crippen LogP contribution < -0.4 is 5.32 Å². The van der Waals surface area contributed by atoms with Crippen molar-refractivity contribution in [1.82, 2.24) is 10.3 Å². The van der Waals surface area contributed by atoms with E-state index in [0.29, 0.717) is 5.41 Å². The van der Waals surface area contributed by atoms with Gasteiger partial charge in [-0.1, -0.05) is 19.1 Å². The molecular weight excluding hydrogens is 224 g/mol. The largest absolute Gasteiger partial charge is 0.361 e. The Morgan fingerprint density at radius 1 is 1.39 bits per heavy atom. The SMILES string of the molecule is CCC1(CNC(=O)c2cccc3cc[nH]c23)CC1. The Morgan fingerprint density at radius 2 is 2.22 bits per heavy atom. The zero-order chi connectivity index (χ0) is 12.6. The van der Waals surface area contributed by atoms with Crippen molar-refractivity contribution >= 4 is 16.8 Å². The van der Waals surface area contributed by atoms with E-state index >= 15 is 0 Å². The number of amides is 1. The van der Waals surface area contributed by atoms with Crippen LogP contribution in [0.5, 0.6) is 0 Å². The van der Waals surface area contributed by atoms with E-state index in [-0.39, 0.29) is 5.91 Å². The van der Waals surface area contributed by atoms with Gasteiger partial charge in [0.2, 0.25) is 0 Å². The van der Waals surface area contributed by atoms with E-state index in [0.717, 1.165) is 29.4 Å². The maximum absolute atomic E-state index is 12.2. The minimum absolute atomic E-state index is 0.0303. The van der Waals surface area contributed by atoms with Crippen molar-refractivity contribution < 1.29 is 4.79 Å². The van der Waals surface area contributed by atoms with Crippen molar-refractivity contribution in [3.63, 3.8) is 0 Å². The van der Waals surface area contributed by atoms with Gasteiger partial charge in [0.1, 0.15) is 0 Å². The van der Waals surface area contributed by atoms with Crippen LogP contribution in [0.3, 0.4) is 0 Å². The molecule has 0 bridgehead atoms. The van der Waals surface area contributed by atoms with Crippen LogP contribution >= 0.6 is 0 Å². The number of H-pyrrole nitrogens is 1. The third-order valence-electron chi connectivity index (χ3n) is 4.16. The number of nitrogens with one attached hydrogen (secondary N) is 2. The molecule has 1 heterocycles. The number of carbonyl (C=O) groups is 1. The van der Waals surface area contributed by atoms with Crippen molar-refractivity contribution in [1.29, 1.82) is 0 Å². The van der Waals surface area contributed by atoms with Crippen molar-refractivity contribution in [2.75, 3.05) is 6.54 Å². The lowest BCUT2D eigenvalue weighted by molar-refractivity contribution is 0.0946. The van der Waals surface area contributed by atoms with Crippen LogP contribution in [-0.4, -0.2) is 17.4 Å². The zero-order valence-electron chi connectivity index (χ0n) is 10.6. The summed E-state index contributed by atoms with van der Waals surface area (Å²) in [6.07, 6.45) is 5.52. The Bertz CT molecular complexity index is 581. The molecule has 0 radical (unpaired) electrons. The highest BCUT2D eigenvalue weighted by molar-refractivity contribution is 6.05. The fraction of sp³-hybridized carbons (Fsp3) is 0.400. The Morgan fingerprint density at radius 3 is 2.94 bits per heavy atom. The monoisotopic (exact) mass is 242 g/mol. The molecule has 1 aliphatic rings. The Balaban J connectivity index is 1.78. The molecule has 1 fully saturated rings. The molecule has 1 aromatic heterocycles. The number of fused-ring (bicyclic) bond motifs is 1. The highest BCUT2D eigenvalue weighted by Crippen LogP contribution is 2.47. The maximum Gasteiger partial charge on any atom is 0.253 e. The van der Waals surface area contributed by atoms with Crippen molar-refractivity contribution in [3.05, 3.63) is 36.0 Å². The number of aromatic amines is 1. The summed E-state index contributed by atoms with van der Waals surface area (Å²) < 4.78 is 0. The van der Waals surface area contributed by atoms with Gasteiger partial charge in [0.15, 0.2) is 0 Å². The second-order valence-electron chi connectivity index (χ2n) is 5.28. The van der Waals surface area contributed by atoms with E-state index in [1.165, 1.54) is 12.8 Å². The summed E-state index contributed by atoms with van der Waals surface area (Å²) in [4.78, 5) is 15.4. The van der Waals surface area contributed by atoms with Crippen LogP contribution in [0.4, 0.5) is 0 Å². The number of hydrogen-bond donors (Lipinski definition) is 2. The summed E-state index contributed by atoms with van der Waals surface area (Å²) in [7, 11) is 0. The molecule has 2 N–H and O–H groups in total.